The van der Waals surface area contributed by atoms with E-state index in [9.17, 15) is 14.4 Å². The van der Waals surface area contributed by atoms with Gasteiger partial charge >= 0.3 is 0 Å². The van der Waals surface area contributed by atoms with E-state index in [-0.39, 0.29) is 29.5 Å². The van der Waals surface area contributed by atoms with Gasteiger partial charge in [0.1, 0.15) is 5.56 Å². The second-order valence-electron chi connectivity index (χ2n) is 9.11. The highest BCUT2D eigenvalue weighted by Crippen LogP contribution is 2.38. The smallest absolute Gasteiger partial charge is 0.263 e. The van der Waals surface area contributed by atoms with Crippen molar-refractivity contribution in [2.45, 2.75) is 70.6 Å². The molecule has 2 aromatic rings. The van der Waals surface area contributed by atoms with Crippen molar-refractivity contribution in [2.75, 3.05) is 6.54 Å². The van der Waals surface area contributed by atoms with E-state index in [2.05, 4.69) is 12.1 Å². The number of aromatic nitrogens is 1. The fraction of sp³-hybridized carbons (Fsp3) is 0.480. The van der Waals surface area contributed by atoms with Gasteiger partial charge < -0.3 is 14.4 Å². The van der Waals surface area contributed by atoms with Crippen LogP contribution < -0.4 is 5.56 Å². The molecule has 0 saturated carbocycles. The lowest BCUT2D eigenvalue weighted by atomic mass is 9.95. The summed E-state index contributed by atoms with van der Waals surface area (Å²) in [4.78, 5) is 43.0. The molecule has 4 heterocycles. The number of pyridine rings is 1. The van der Waals surface area contributed by atoms with Gasteiger partial charge in [-0.1, -0.05) is 30.3 Å². The highest BCUT2D eigenvalue weighted by atomic mass is 16.2. The molecule has 2 fully saturated rings. The third kappa shape index (κ3) is 3.58. The molecule has 1 aromatic carbocycles. The fourth-order valence-corrected chi connectivity index (χ4v) is 5.63. The number of carbonyl (C=O) groups excluding carboxylic acids is 2. The third-order valence-corrected chi connectivity index (χ3v) is 7.30. The van der Waals surface area contributed by atoms with Crippen LogP contribution in [0.3, 0.4) is 0 Å². The molecule has 2 amide bonds. The van der Waals surface area contributed by atoms with Crippen molar-refractivity contribution in [2.24, 2.45) is 0 Å². The van der Waals surface area contributed by atoms with Crippen molar-refractivity contribution < 1.29 is 9.59 Å². The van der Waals surface area contributed by atoms with Gasteiger partial charge in [-0.15, -0.1) is 0 Å². The molecule has 3 aliphatic heterocycles. The fourth-order valence-electron chi connectivity index (χ4n) is 5.63. The van der Waals surface area contributed by atoms with Crippen molar-refractivity contribution in [3.8, 4) is 0 Å². The van der Waals surface area contributed by atoms with Gasteiger partial charge in [0.05, 0.1) is 0 Å². The van der Waals surface area contributed by atoms with E-state index in [4.69, 9.17) is 0 Å². The zero-order valence-electron chi connectivity index (χ0n) is 18.0. The van der Waals surface area contributed by atoms with E-state index in [1.807, 2.05) is 29.3 Å². The Morgan fingerprint density at radius 3 is 2.35 bits per heavy atom. The maximum atomic E-state index is 13.7. The molecule has 2 bridgehead atoms. The standard InChI is InChI=1S/C25H29N3O3/c1-17(29)26-14-12-22-19(15-26)16-27(13-11-18-5-3-2-4-6-18)24(30)23(22)25(31)28-20-7-8-21(28)10-9-20/h2-6,16,20-21H,7-15H2,1H3. The van der Waals surface area contributed by atoms with Crippen LogP contribution in [0.25, 0.3) is 0 Å². The second-order valence-corrected chi connectivity index (χ2v) is 9.11. The lowest BCUT2D eigenvalue weighted by molar-refractivity contribution is -0.129. The molecule has 2 saturated heterocycles. The molecule has 6 nitrogen and oxygen atoms in total. The first-order valence-corrected chi connectivity index (χ1v) is 11.4. The van der Waals surface area contributed by atoms with Gasteiger partial charge in [-0.2, -0.15) is 0 Å². The first kappa shape index (κ1) is 20.0. The number of nitrogens with zero attached hydrogens (tertiary/aromatic N) is 3. The van der Waals surface area contributed by atoms with Crippen LogP contribution in [-0.4, -0.2) is 44.8 Å². The Labute approximate surface area is 182 Å². The van der Waals surface area contributed by atoms with Crippen LogP contribution in [0.5, 0.6) is 0 Å². The Kier molecular flexibility index (Phi) is 5.16. The Bertz CT molecular complexity index is 1060. The van der Waals surface area contributed by atoms with Crippen LogP contribution in [0.15, 0.2) is 41.3 Å². The number of fused-ring (bicyclic) bond motifs is 3. The molecule has 1 aromatic heterocycles. The predicted molar refractivity (Wildman–Crippen MR) is 118 cm³/mol. The summed E-state index contributed by atoms with van der Waals surface area (Å²) >= 11 is 0. The highest BCUT2D eigenvalue weighted by Gasteiger charge is 2.44. The van der Waals surface area contributed by atoms with Gasteiger partial charge in [0, 0.05) is 44.8 Å². The summed E-state index contributed by atoms with van der Waals surface area (Å²) in [5.41, 5.74) is 3.12. The monoisotopic (exact) mass is 419 g/mol. The summed E-state index contributed by atoms with van der Waals surface area (Å²) in [6, 6.07) is 10.6. The minimum Gasteiger partial charge on any atom is -0.338 e. The molecule has 3 aliphatic rings. The number of hydrogen-bond acceptors (Lipinski definition) is 3. The average molecular weight is 420 g/mol. The SMILES string of the molecule is CC(=O)N1CCc2c(cn(CCc3ccccc3)c(=O)c2C(=O)N2C3CCC2CC3)C1. The topological polar surface area (TPSA) is 62.6 Å². The third-order valence-electron chi connectivity index (χ3n) is 7.30. The largest absolute Gasteiger partial charge is 0.338 e. The Balaban J connectivity index is 1.53. The maximum Gasteiger partial charge on any atom is 0.263 e. The molecule has 162 valence electrons. The molecular formula is C25H29N3O3. The molecule has 6 heteroatoms. The van der Waals surface area contributed by atoms with Crippen molar-refractivity contribution >= 4 is 11.8 Å². The van der Waals surface area contributed by atoms with Gasteiger partial charge in [-0.05, 0) is 55.2 Å². The number of rotatable bonds is 4. The number of aryl methyl sites for hydroxylation is 2. The number of benzene rings is 1. The van der Waals surface area contributed by atoms with E-state index >= 15 is 0 Å². The number of carbonyl (C=O) groups is 2. The summed E-state index contributed by atoms with van der Waals surface area (Å²) in [7, 11) is 0. The molecule has 0 N–H and O–H groups in total. The zero-order valence-corrected chi connectivity index (χ0v) is 18.0. The van der Waals surface area contributed by atoms with Crippen LogP contribution in [-0.2, 0) is 30.7 Å². The molecule has 5 rings (SSSR count). The quantitative estimate of drug-likeness (QED) is 0.766. The van der Waals surface area contributed by atoms with Crippen LogP contribution in [0.2, 0.25) is 0 Å². The summed E-state index contributed by atoms with van der Waals surface area (Å²) in [5.74, 6) is -0.0604. The number of hydrogen-bond donors (Lipinski definition) is 0. The Morgan fingerprint density at radius 2 is 1.71 bits per heavy atom. The Hall–Kier alpha value is -2.89. The van der Waals surface area contributed by atoms with Crippen molar-refractivity contribution in [3.63, 3.8) is 0 Å². The van der Waals surface area contributed by atoms with Crippen molar-refractivity contribution in [1.82, 2.24) is 14.4 Å². The van der Waals surface area contributed by atoms with Gasteiger partial charge in [0.25, 0.3) is 11.5 Å². The minimum absolute atomic E-state index is 0.0261. The zero-order chi connectivity index (χ0) is 21.5. The van der Waals surface area contributed by atoms with Crippen LogP contribution >= 0.6 is 0 Å². The van der Waals surface area contributed by atoms with Gasteiger partial charge in [-0.25, -0.2) is 0 Å². The molecular weight excluding hydrogens is 390 g/mol. The second kappa shape index (κ2) is 7.98. The van der Waals surface area contributed by atoms with E-state index in [1.54, 1.807) is 16.4 Å². The highest BCUT2D eigenvalue weighted by molar-refractivity contribution is 5.96. The molecule has 0 aliphatic carbocycles. The summed E-state index contributed by atoms with van der Waals surface area (Å²) in [5, 5.41) is 0. The van der Waals surface area contributed by atoms with Crippen molar-refractivity contribution in [1.29, 1.82) is 0 Å². The Morgan fingerprint density at radius 1 is 1.03 bits per heavy atom. The van der Waals surface area contributed by atoms with Crippen LogP contribution in [0.4, 0.5) is 0 Å². The first-order valence-electron chi connectivity index (χ1n) is 11.4. The predicted octanol–water partition coefficient (Wildman–Crippen LogP) is 2.76. The van der Waals surface area contributed by atoms with Crippen molar-refractivity contribution in [3.05, 3.63) is 69.1 Å². The molecule has 0 spiro atoms. The van der Waals surface area contributed by atoms with E-state index < -0.39 is 0 Å². The molecule has 31 heavy (non-hydrogen) atoms. The first-order chi connectivity index (χ1) is 15.0. The van der Waals surface area contributed by atoms with Gasteiger partial charge in [-0.3, -0.25) is 14.4 Å². The maximum absolute atomic E-state index is 13.7. The average Bonchev–Trinajstić information content (AvgIpc) is 3.38. The molecule has 0 atom stereocenters. The molecule has 0 radical (unpaired) electrons. The van der Waals surface area contributed by atoms with Crippen LogP contribution in [0, 0.1) is 0 Å². The normalized spacial score (nSPS) is 22.0. The minimum atomic E-state index is -0.178. The number of amides is 2. The van der Waals surface area contributed by atoms with E-state index in [1.165, 1.54) is 0 Å². The lowest BCUT2D eigenvalue weighted by Gasteiger charge is -2.31. The molecule has 0 unspecified atom stereocenters. The van der Waals surface area contributed by atoms with Crippen LogP contribution in [0.1, 0.15) is 59.7 Å². The summed E-state index contributed by atoms with van der Waals surface area (Å²) in [6.07, 6.45) is 7.35. The van der Waals surface area contributed by atoms with Gasteiger partial charge in [0.2, 0.25) is 5.91 Å². The van der Waals surface area contributed by atoms with E-state index in [0.717, 1.165) is 48.8 Å². The van der Waals surface area contributed by atoms with Gasteiger partial charge in [0.15, 0.2) is 0 Å². The van der Waals surface area contributed by atoms with E-state index in [0.29, 0.717) is 31.6 Å². The summed E-state index contributed by atoms with van der Waals surface area (Å²) in [6.45, 7) is 3.11. The lowest BCUT2D eigenvalue weighted by Crippen LogP contribution is -2.43. The summed E-state index contributed by atoms with van der Waals surface area (Å²) < 4.78 is 1.70.